The van der Waals surface area contributed by atoms with Gasteiger partial charge in [0.2, 0.25) is 11.8 Å². The van der Waals surface area contributed by atoms with Crippen LogP contribution >= 0.6 is 0 Å². The van der Waals surface area contributed by atoms with Crippen LogP contribution in [0.1, 0.15) is 24.8 Å². The number of anilines is 1. The van der Waals surface area contributed by atoms with E-state index in [1.54, 1.807) is 42.5 Å². The Labute approximate surface area is 169 Å². The molecule has 5 heteroatoms. The molecule has 2 aromatic carbocycles. The number of phenols is 1. The quantitative estimate of drug-likeness (QED) is 0.796. The molecule has 5 nitrogen and oxygen atoms in total. The summed E-state index contributed by atoms with van der Waals surface area (Å²) in [6.45, 7) is 5.73. The number of aromatic hydroxyl groups is 1. The minimum atomic E-state index is -1.03. The molecule has 29 heavy (non-hydrogen) atoms. The summed E-state index contributed by atoms with van der Waals surface area (Å²) in [5, 5.41) is 10.7. The van der Waals surface area contributed by atoms with E-state index in [1.807, 2.05) is 19.1 Å². The normalized spacial score (nSPS) is 26.1. The molecule has 1 fully saturated rings. The lowest BCUT2D eigenvalue weighted by Gasteiger charge is -2.40. The number of ether oxygens (including phenoxy) is 1. The van der Waals surface area contributed by atoms with Gasteiger partial charge in [-0.15, -0.1) is 0 Å². The van der Waals surface area contributed by atoms with E-state index in [1.165, 1.54) is 18.1 Å². The molecule has 2 aromatic rings. The fourth-order valence-electron chi connectivity index (χ4n) is 4.71. The van der Waals surface area contributed by atoms with E-state index in [0.29, 0.717) is 23.4 Å². The number of rotatable bonds is 4. The van der Waals surface area contributed by atoms with Gasteiger partial charge in [0.25, 0.3) is 0 Å². The van der Waals surface area contributed by atoms with Crippen LogP contribution < -0.4 is 9.64 Å². The number of carbonyl (C=O) groups is 2. The van der Waals surface area contributed by atoms with Crippen molar-refractivity contribution in [3.8, 4) is 11.5 Å². The van der Waals surface area contributed by atoms with E-state index in [2.05, 4.69) is 6.58 Å². The Hall–Kier alpha value is -3.34. The molecular formula is C24H23NO4. The Balaban J connectivity index is 1.88. The number of para-hydroxylation sites is 1. The van der Waals surface area contributed by atoms with Crippen molar-refractivity contribution in [1.29, 1.82) is 0 Å². The zero-order valence-corrected chi connectivity index (χ0v) is 16.5. The fourth-order valence-corrected chi connectivity index (χ4v) is 4.71. The SMILES string of the molecule is C=CC1=CC[C@H]2C(=O)N(c3ccccc3)C(=O)[C@@]2(C)[C@H]1c1ccc(OC)cc1O. The third-order valence-corrected chi connectivity index (χ3v) is 6.23. The predicted octanol–water partition coefficient (Wildman–Crippen LogP) is 4.20. The predicted molar refractivity (Wildman–Crippen MR) is 111 cm³/mol. The second kappa shape index (κ2) is 6.92. The summed E-state index contributed by atoms with van der Waals surface area (Å²) < 4.78 is 5.19. The van der Waals surface area contributed by atoms with Crippen LogP contribution in [-0.4, -0.2) is 24.0 Å². The molecule has 2 aliphatic rings. The zero-order valence-electron chi connectivity index (χ0n) is 16.5. The van der Waals surface area contributed by atoms with Gasteiger partial charge in [0.1, 0.15) is 11.5 Å². The highest BCUT2D eigenvalue weighted by molar-refractivity contribution is 6.24. The minimum absolute atomic E-state index is 0.0300. The summed E-state index contributed by atoms with van der Waals surface area (Å²) in [5.74, 6) is -0.914. The summed E-state index contributed by atoms with van der Waals surface area (Å²) in [6, 6.07) is 14.0. The molecule has 1 aliphatic carbocycles. The van der Waals surface area contributed by atoms with Crippen molar-refractivity contribution in [2.45, 2.75) is 19.3 Å². The molecule has 0 bridgehead atoms. The van der Waals surface area contributed by atoms with Crippen LogP contribution in [-0.2, 0) is 9.59 Å². The minimum Gasteiger partial charge on any atom is -0.508 e. The number of allylic oxidation sites excluding steroid dienone is 3. The van der Waals surface area contributed by atoms with E-state index < -0.39 is 17.3 Å². The number of hydrogen-bond donors (Lipinski definition) is 1. The first-order chi connectivity index (χ1) is 13.9. The summed E-state index contributed by atoms with van der Waals surface area (Å²) >= 11 is 0. The second-order valence-corrected chi connectivity index (χ2v) is 7.65. The van der Waals surface area contributed by atoms with Gasteiger partial charge in [-0.3, -0.25) is 9.59 Å². The van der Waals surface area contributed by atoms with E-state index in [-0.39, 0.29) is 17.6 Å². The molecule has 0 radical (unpaired) electrons. The molecule has 4 rings (SSSR count). The topological polar surface area (TPSA) is 66.8 Å². The first kappa shape index (κ1) is 19.0. The van der Waals surface area contributed by atoms with Gasteiger partial charge in [0.05, 0.1) is 24.1 Å². The number of carbonyl (C=O) groups excluding carboxylic acids is 2. The van der Waals surface area contributed by atoms with E-state index in [0.717, 1.165) is 5.57 Å². The molecule has 2 amide bonds. The van der Waals surface area contributed by atoms with Gasteiger partial charge in [0, 0.05) is 17.5 Å². The smallest absolute Gasteiger partial charge is 0.241 e. The lowest BCUT2D eigenvalue weighted by molar-refractivity contribution is -0.127. The maximum absolute atomic E-state index is 13.7. The molecule has 1 saturated heterocycles. The number of hydrogen-bond acceptors (Lipinski definition) is 4. The molecule has 1 heterocycles. The summed E-state index contributed by atoms with van der Waals surface area (Å²) in [5.41, 5.74) is 0.952. The molecule has 0 spiro atoms. The Bertz CT molecular complexity index is 1030. The number of nitrogens with zero attached hydrogens (tertiary/aromatic N) is 1. The van der Waals surface area contributed by atoms with Crippen molar-refractivity contribution in [3.05, 3.63) is 78.4 Å². The number of fused-ring (bicyclic) bond motifs is 1. The maximum Gasteiger partial charge on any atom is 0.241 e. The first-order valence-electron chi connectivity index (χ1n) is 9.56. The van der Waals surface area contributed by atoms with Gasteiger partial charge < -0.3 is 9.84 Å². The van der Waals surface area contributed by atoms with Gasteiger partial charge in [-0.1, -0.05) is 43.0 Å². The van der Waals surface area contributed by atoms with Crippen LogP contribution in [0.2, 0.25) is 0 Å². The van der Waals surface area contributed by atoms with Crippen molar-refractivity contribution < 1.29 is 19.4 Å². The largest absolute Gasteiger partial charge is 0.508 e. The molecule has 0 saturated carbocycles. The average Bonchev–Trinajstić information content (AvgIpc) is 2.93. The highest BCUT2D eigenvalue weighted by Gasteiger charge is 2.62. The molecule has 1 N–H and O–H groups in total. The number of benzene rings is 2. The monoisotopic (exact) mass is 389 g/mol. The number of methoxy groups -OCH3 is 1. The van der Waals surface area contributed by atoms with E-state index in [4.69, 9.17) is 4.74 Å². The van der Waals surface area contributed by atoms with E-state index in [9.17, 15) is 14.7 Å². The van der Waals surface area contributed by atoms with Crippen LogP contribution in [0.5, 0.6) is 11.5 Å². The van der Waals surface area contributed by atoms with Crippen LogP contribution in [0, 0.1) is 11.3 Å². The summed E-state index contributed by atoms with van der Waals surface area (Å²) in [4.78, 5) is 28.3. The highest BCUT2D eigenvalue weighted by atomic mass is 16.5. The number of amides is 2. The molecule has 148 valence electrons. The second-order valence-electron chi connectivity index (χ2n) is 7.65. The Morgan fingerprint density at radius 1 is 1.21 bits per heavy atom. The van der Waals surface area contributed by atoms with Gasteiger partial charge in [-0.25, -0.2) is 4.90 Å². The number of imide groups is 1. The molecule has 0 aromatic heterocycles. The van der Waals surface area contributed by atoms with Crippen LogP contribution in [0.25, 0.3) is 0 Å². The fraction of sp³-hybridized carbons (Fsp3) is 0.250. The Morgan fingerprint density at radius 3 is 2.55 bits per heavy atom. The van der Waals surface area contributed by atoms with Crippen molar-refractivity contribution >= 4 is 17.5 Å². The third kappa shape index (κ3) is 2.69. The standard InChI is InChI=1S/C24H23NO4/c1-4-15-10-13-19-22(27)25(16-8-6-5-7-9-16)23(28)24(19,2)21(15)18-12-11-17(29-3)14-20(18)26/h4-12,14,19,21,26H,1,13H2,2-3H3/t19-,21+,24+/m0/s1. The summed E-state index contributed by atoms with van der Waals surface area (Å²) in [6.07, 6.45) is 4.12. The molecule has 1 aliphatic heterocycles. The van der Waals surface area contributed by atoms with Gasteiger partial charge in [-0.2, -0.15) is 0 Å². The molecule has 3 atom stereocenters. The van der Waals surface area contributed by atoms with Crippen LogP contribution in [0.3, 0.4) is 0 Å². The summed E-state index contributed by atoms with van der Waals surface area (Å²) in [7, 11) is 1.53. The van der Waals surface area contributed by atoms with Crippen molar-refractivity contribution in [2.24, 2.45) is 11.3 Å². The average molecular weight is 389 g/mol. The van der Waals surface area contributed by atoms with Gasteiger partial charge in [0.15, 0.2) is 0 Å². The Kier molecular flexibility index (Phi) is 4.53. The lowest BCUT2D eigenvalue weighted by Crippen LogP contribution is -2.41. The van der Waals surface area contributed by atoms with Gasteiger partial charge >= 0.3 is 0 Å². The Morgan fingerprint density at radius 2 is 1.93 bits per heavy atom. The van der Waals surface area contributed by atoms with Crippen LogP contribution in [0.4, 0.5) is 5.69 Å². The highest BCUT2D eigenvalue weighted by Crippen LogP contribution is 2.58. The van der Waals surface area contributed by atoms with Crippen molar-refractivity contribution in [1.82, 2.24) is 0 Å². The maximum atomic E-state index is 13.7. The van der Waals surface area contributed by atoms with E-state index >= 15 is 0 Å². The first-order valence-corrected chi connectivity index (χ1v) is 9.56. The number of phenolic OH excluding ortho intramolecular Hbond substituents is 1. The zero-order chi connectivity index (χ0) is 20.8. The molecular weight excluding hydrogens is 366 g/mol. The van der Waals surface area contributed by atoms with Crippen LogP contribution in [0.15, 0.2) is 72.8 Å². The van der Waals surface area contributed by atoms with Crippen molar-refractivity contribution in [3.63, 3.8) is 0 Å². The molecule has 0 unspecified atom stereocenters. The van der Waals surface area contributed by atoms with Gasteiger partial charge in [-0.05, 0) is 37.1 Å². The van der Waals surface area contributed by atoms with Crippen molar-refractivity contribution in [2.75, 3.05) is 12.0 Å². The third-order valence-electron chi connectivity index (χ3n) is 6.23. The lowest BCUT2D eigenvalue weighted by atomic mass is 9.60.